The quantitative estimate of drug-likeness (QED) is 0.723. The van der Waals surface area contributed by atoms with Crippen LogP contribution >= 0.6 is 0 Å². The molecule has 2 heteroatoms. The van der Waals surface area contributed by atoms with E-state index in [2.05, 4.69) is 49.0 Å². The summed E-state index contributed by atoms with van der Waals surface area (Å²) in [5.41, 5.74) is 1.84. The van der Waals surface area contributed by atoms with Gasteiger partial charge in [0, 0.05) is 31.0 Å². The van der Waals surface area contributed by atoms with Crippen LogP contribution in [-0.2, 0) is 6.54 Å². The summed E-state index contributed by atoms with van der Waals surface area (Å²) in [4.78, 5) is 0. The molecule has 1 aliphatic heterocycles. The Kier molecular flexibility index (Phi) is 2.40. The number of nitrogens with zero attached hydrogens (tertiary/aromatic N) is 1. The van der Waals surface area contributed by atoms with Crippen LogP contribution in [0, 0.1) is 5.41 Å². The van der Waals surface area contributed by atoms with Crippen molar-refractivity contribution in [3.8, 4) is 0 Å². The summed E-state index contributed by atoms with van der Waals surface area (Å²) >= 11 is 0. The van der Waals surface area contributed by atoms with Crippen molar-refractivity contribution in [1.82, 2.24) is 9.88 Å². The van der Waals surface area contributed by atoms with Crippen molar-refractivity contribution in [3.63, 3.8) is 0 Å². The third kappa shape index (κ3) is 2.01. The van der Waals surface area contributed by atoms with Gasteiger partial charge < -0.3 is 9.88 Å². The van der Waals surface area contributed by atoms with E-state index in [9.17, 15) is 0 Å². The van der Waals surface area contributed by atoms with E-state index in [4.69, 9.17) is 0 Å². The molecular weight excluding hydrogens is 172 g/mol. The maximum Gasteiger partial charge on any atom is 0.0480 e. The second-order valence-corrected chi connectivity index (χ2v) is 5.40. The van der Waals surface area contributed by atoms with Gasteiger partial charge in [0.2, 0.25) is 0 Å². The van der Waals surface area contributed by atoms with Crippen LogP contribution in [-0.4, -0.2) is 11.1 Å². The van der Waals surface area contributed by atoms with E-state index < -0.39 is 0 Å². The molecule has 0 amide bonds. The Morgan fingerprint density at radius 2 is 2.29 bits per heavy atom. The molecule has 2 rings (SSSR count). The molecule has 1 atom stereocenters. The predicted molar refractivity (Wildman–Crippen MR) is 59.2 cm³/mol. The first kappa shape index (κ1) is 9.78. The van der Waals surface area contributed by atoms with Gasteiger partial charge in [0.15, 0.2) is 0 Å². The Morgan fingerprint density at radius 1 is 1.50 bits per heavy atom. The molecule has 2 nitrogen and oxygen atoms in total. The van der Waals surface area contributed by atoms with E-state index in [1.165, 1.54) is 12.1 Å². The molecule has 2 heterocycles. The van der Waals surface area contributed by atoms with E-state index in [1.54, 1.807) is 0 Å². The lowest BCUT2D eigenvalue weighted by Crippen LogP contribution is -2.34. The zero-order valence-electron chi connectivity index (χ0n) is 9.38. The van der Waals surface area contributed by atoms with Crippen molar-refractivity contribution >= 4 is 0 Å². The molecule has 0 saturated heterocycles. The number of hydrogen-bond donors (Lipinski definition) is 1. The van der Waals surface area contributed by atoms with Gasteiger partial charge >= 0.3 is 0 Å². The van der Waals surface area contributed by atoms with E-state index in [0.717, 1.165) is 13.1 Å². The van der Waals surface area contributed by atoms with E-state index in [-0.39, 0.29) is 0 Å². The first-order valence-electron chi connectivity index (χ1n) is 5.45. The highest BCUT2D eigenvalue weighted by Crippen LogP contribution is 2.30. The highest BCUT2D eigenvalue weighted by atomic mass is 15.1. The topological polar surface area (TPSA) is 17.0 Å². The third-order valence-corrected chi connectivity index (χ3v) is 2.78. The minimum absolute atomic E-state index is 0.393. The fourth-order valence-corrected chi connectivity index (χ4v) is 2.20. The summed E-state index contributed by atoms with van der Waals surface area (Å²) in [7, 11) is 0. The first-order valence-corrected chi connectivity index (χ1v) is 5.45. The molecule has 1 aromatic rings. The Balaban J connectivity index is 2.16. The van der Waals surface area contributed by atoms with Crippen LogP contribution in [0.3, 0.4) is 0 Å². The van der Waals surface area contributed by atoms with Gasteiger partial charge in [-0.05, 0) is 24.0 Å². The minimum atomic E-state index is 0.393. The molecule has 0 aliphatic carbocycles. The summed E-state index contributed by atoms with van der Waals surface area (Å²) in [6, 6.07) is 4.93. The molecule has 1 aromatic heterocycles. The summed E-state index contributed by atoms with van der Waals surface area (Å²) in [6.45, 7) is 9.12. The fraction of sp³-hybridized carbons (Fsp3) is 0.667. The van der Waals surface area contributed by atoms with Gasteiger partial charge in [-0.25, -0.2) is 0 Å². The Bertz CT molecular complexity index is 306. The normalized spacial score (nSPS) is 22.1. The van der Waals surface area contributed by atoms with Crippen LogP contribution in [0.5, 0.6) is 0 Å². The van der Waals surface area contributed by atoms with Gasteiger partial charge in [-0.2, -0.15) is 0 Å². The van der Waals surface area contributed by atoms with Gasteiger partial charge in [0.05, 0.1) is 0 Å². The Morgan fingerprint density at radius 3 is 3.00 bits per heavy atom. The smallest absolute Gasteiger partial charge is 0.0480 e. The van der Waals surface area contributed by atoms with E-state index in [0.29, 0.717) is 11.5 Å². The number of hydrogen-bond acceptors (Lipinski definition) is 1. The fourth-order valence-electron chi connectivity index (χ4n) is 2.20. The second-order valence-electron chi connectivity index (χ2n) is 5.40. The first-order chi connectivity index (χ1) is 6.56. The largest absolute Gasteiger partial charge is 0.349 e. The van der Waals surface area contributed by atoms with Crippen molar-refractivity contribution in [1.29, 1.82) is 0 Å². The standard InChI is InChI=1S/C12H20N2/c1-12(2,3)9-10-11-5-4-7-14(11)8-6-13-10/h4-5,7,10,13H,6,8-9H2,1-3H3. The van der Waals surface area contributed by atoms with Gasteiger partial charge in [-0.15, -0.1) is 0 Å². The summed E-state index contributed by atoms with van der Waals surface area (Å²) in [5.74, 6) is 0. The molecule has 14 heavy (non-hydrogen) atoms. The monoisotopic (exact) mass is 192 g/mol. The molecule has 1 N–H and O–H groups in total. The molecule has 1 unspecified atom stereocenters. The molecule has 0 bridgehead atoms. The average molecular weight is 192 g/mol. The zero-order chi connectivity index (χ0) is 10.2. The number of fused-ring (bicyclic) bond motifs is 1. The number of nitrogens with one attached hydrogen (secondary N) is 1. The van der Waals surface area contributed by atoms with Crippen molar-refractivity contribution in [2.75, 3.05) is 6.54 Å². The van der Waals surface area contributed by atoms with Gasteiger partial charge in [-0.1, -0.05) is 20.8 Å². The highest BCUT2D eigenvalue weighted by molar-refractivity contribution is 5.14. The van der Waals surface area contributed by atoms with Gasteiger partial charge in [0.1, 0.15) is 0 Å². The molecule has 0 radical (unpaired) electrons. The minimum Gasteiger partial charge on any atom is -0.349 e. The number of aromatic nitrogens is 1. The van der Waals surface area contributed by atoms with Crippen molar-refractivity contribution in [3.05, 3.63) is 24.0 Å². The Hall–Kier alpha value is -0.760. The maximum absolute atomic E-state index is 3.60. The van der Waals surface area contributed by atoms with E-state index >= 15 is 0 Å². The van der Waals surface area contributed by atoms with Crippen molar-refractivity contribution < 1.29 is 0 Å². The van der Waals surface area contributed by atoms with Gasteiger partial charge in [0.25, 0.3) is 0 Å². The SMILES string of the molecule is CC(C)(C)CC1NCCn2cccc21. The van der Waals surface area contributed by atoms with Crippen molar-refractivity contribution in [2.45, 2.75) is 39.8 Å². The highest BCUT2D eigenvalue weighted by Gasteiger charge is 2.24. The summed E-state index contributed by atoms with van der Waals surface area (Å²) < 4.78 is 2.37. The molecule has 0 saturated carbocycles. The van der Waals surface area contributed by atoms with Crippen LogP contribution in [0.2, 0.25) is 0 Å². The summed E-state index contributed by atoms with van der Waals surface area (Å²) in [5, 5.41) is 3.60. The van der Waals surface area contributed by atoms with Crippen LogP contribution in [0.25, 0.3) is 0 Å². The second kappa shape index (κ2) is 3.43. The summed E-state index contributed by atoms with van der Waals surface area (Å²) in [6.07, 6.45) is 3.39. The van der Waals surface area contributed by atoms with Crippen LogP contribution < -0.4 is 5.32 Å². The lowest BCUT2D eigenvalue weighted by molar-refractivity contribution is 0.285. The predicted octanol–water partition coefficient (Wildman–Crippen LogP) is 2.57. The van der Waals surface area contributed by atoms with Crippen LogP contribution in [0.1, 0.15) is 38.9 Å². The van der Waals surface area contributed by atoms with Crippen molar-refractivity contribution in [2.24, 2.45) is 5.41 Å². The lowest BCUT2D eigenvalue weighted by Gasteiger charge is -2.31. The molecule has 1 aliphatic rings. The molecule has 0 fully saturated rings. The molecule has 0 spiro atoms. The maximum atomic E-state index is 3.60. The number of rotatable bonds is 1. The zero-order valence-corrected chi connectivity index (χ0v) is 9.38. The molecular formula is C12H20N2. The third-order valence-electron chi connectivity index (χ3n) is 2.78. The average Bonchev–Trinajstić information content (AvgIpc) is 2.49. The van der Waals surface area contributed by atoms with Crippen LogP contribution in [0.4, 0.5) is 0 Å². The lowest BCUT2D eigenvalue weighted by atomic mass is 9.86. The molecule has 78 valence electrons. The van der Waals surface area contributed by atoms with Gasteiger partial charge in [-0.3, -0.25) is 0 Å². The van der Waals surface area contributed by atoms with Crippen LogP contribution in [0.15, 0.2) is 18.3 Å². The molecule has 0 aromatic carbocycles. The Labute approximate surface area is 86.3 Å². The van der Waals surface area contributed by atoms with E-state index in [1.807, 2.05) is 0 Å².